The first-order valence-corrected chi connectivity index (χ1v) is 10.2. The van der Waals surface area contributed by atoms with Gasteiger partial charge in [0.25, 0.3) is 11.1 Å². The van der Waals surface area contributed by atoms with Crippen LogP contribution in [0.3, 0.4) is 0 Å². The molecule has 0 atom stereocenters. The summed E-state index contributed by atoms with van der Waals surface area (Å²) in [5.41, 5.74) is 3.54. The lowest BCUT2D eigenvalue weighted by molar-refractivity contribution is -0.127. The van der Waals surface area contributed by atoms with Crippen LogP contribution in [0, 0.1) is 13.8 Å². The van der Waals surface area contributed by atoms with E-state index in [9.17, 15) is 14.4 Å². The first-order valence-electron chi connectivity index (χ1n) is 9.33. The zero-order valence-corrected chi connectivity index (χ0v) is 17.6. The topological polar surface area (TPSA) is 75.7 Å². The molecule has 1 fully saturated rings. The van der Waals surface area contributed by atoms with Crippen molar-refractivity contribution in [1.29, 1.82) is 0 Å². The predicted molar refractivity (Wildman–Crippen MR) is 119 cm³/mol. The number of hydrogen-bond acceptors (Lipinski definition) is 5. The fourth-order valence-electron chi connectivity index (χ4n) is 2.77. The van der Waals surface area contributed by atoms with Crippen LogP contribution in [0.1, 0.15) is 16.7 Å². The molecule has 154 valence electrons. The molecule has 0 aromatic heterocycles. The summed E-state index contributed by atoms with van der Waals surface area (Å²) in [7, 11) is 0. The van der Waals surface area contributed by atoms with Crippen molar-refractivity contribution in [2.45, 2.75) is 13.8 Å². The number of aryl methyl sites for hydroxylation is 2. The quantitative estimate of drug-likeness (QED) is 0.524. The van der Waals surface area contributed by atoms with Gasteiger partial charge in [0.1, 0.15) is 18.9 Å². The van der Waals surface area contributed by atoms with Gasteiger partial charge in [0, 0.05) is 5.69 Å². The molecule has 0 radical (unpaired) electrons. The van der Waals surface area contributed by atoms with Gasteiger partial charge in [-0.3, -0.25) is 19.3 Å². The Morgan fingerprint density at radius 3 is 2.53 bits per heavy atom. The van der Waals surface area contributed by atoms with Crippen LogP contribution >= 0.6 is 11.8 Å². The summed E-state index contributed by atoms with van der Waals surface area (Å²) < 4.78 is 5.42. The third-order valence-corrected chi connectivity index (χ3v) is 5.42. The molecule has 6 nitrogen and oxygen atoms in total. The molecule has 0 aliphatic carbocycles. The number of rotatable bonds is 7. The third kappa shape index (κ3) is 5.18. The van der Waals surface area contributed by atoms with E-state index in [4.69, 9.17) is 4.74 Å². The summed E-state index contributed by atoms with van der Waals surface area (Å²) in [6.07, 6.45) is 3.28. The predicted octanol–water partition coefficient (Wildman–Crippen LogP) is 4.54. The lowest BCUT2D eigenvalue weighted by Gasteiger charge is -2.13. The van der Waals surface area contributed by atoms with Crippen LogP contribution in [0.15, 0.2) is 60.0 Å². The van der Waals surface area contributed by atoms with Gasteiger partial charge < -0.3 is 10.1 Å². The van der Waals surface area contributed by atoms with Gasteiger partial charge in [-0.1, -0.05) is 30.9 Å². The molecule has 1 heterocycles. The molecule has 2 aromatic carbocycles. The summed E-state index contributed by atoms with van der Waals surface area (Å²) >= 11 is 0.821. The Morgan fingerprint density at radius 1 is 1.13 bits per heavy atom. The molecule has 0 bridgehead atoms. The zero-order chi connectivity index (χ0) is 21.7. The highest BCUT2D eigenvalue weighted by atomic mass is 32.2. The van der Waals surface area contributed by atoms with Gasteiger partial charge in [-0.2, -0.15) is 0 Å². The van der Waals surface area contributed by atoms with Crippen LogP contribution in [0.4, 0.5) is 10.5 Å². The van der Waals surface area contributed by atoms with Crippen LogP contribution in [0.25, 0.3) is 6.08 Å². The van der Waals surface area contributed by atoms with Gasteiger partial charge in [-0.05, 0) is 72.6 Å². The van der Waals surface area contributed by atoms with Crippen molar-refractivity contribution in [2.24, 2.45) is 0 Å². The highest BCUT2D eigenvalue weighted by Gasteiger charge is 2.36. The van der Waals surface area contributed by atoms with Crippen LogP contribution in [0.5, 0.6) is 5.75 Å². The number of carbonyl (C=O) groups excluding carboxylic acids is 3. The Morgan fingerprint density at radius 2 is 1.87 bits per heavy atom. The molecule has 1 aliphatic heterocycles. The van der Waals surface area contributed by atoms with Crippen molar-refractivity contribution in [3.05, 3.63) is 76.7 Å². The van der Waals surface area contributed by atoms with E-state index >= 15 is 0 Å². The standard InChI is InChI=1S/C23H22N2O4S/c1-4-11-29-19-9-6-17(7-10-19)13-20-22(27)25(23(28)30-20)14-21(26)24-18-8-5-15(2)16(3)12-18/h4-10,12-13H,1,11,14H2,2-3H3,(H,24,26). The first-order chi connectivity index (χ1) is 14.4. The van der Waals surface area contributed by atoms with Gasteiger partial charge in [-0.15, -0.1) is 0 Å². The summed E-state index contributed by atoms with van der Waals surface area (Å²) in [6.45, 7) is 7.60. The number of imide groups is 1. The van der Waals surface area contributed by atoms with Crippen LogP contribution < -0.4 is 10.1 Å². The molecule has 1 N–H and O–H groups in total. The van der Waals surface area contributed by atoms with E-state index in [1.54, 1.807) is 42.5 Å². The zero-order valence-electron chi connectivity index (χ0n) is 16.8. The van der Waals surface area contributed by atoms with Crippen molar-refractivity contribution in [3.8, 4) is 5.75 Å². The van der Waals surface area contributed by atoms with Crippen molar-refractivity contribution in [1.82, 2.24) is 4.90 Å². The first kappa shape index (κ1) is 21.4. The summed E-state index contributed by atoms with van der Waals surface area (Å²) in [4.78, 5) is 38.4. The minimum atomic E-state index is -0.479. The fraction of sp³-hybridized carbons (Fsp3) is 0.174. The average molecular weight is 423 g/mol. The molecular weight excluding hydrogens is 400 g/mol. The number of carbonyl (C=O) groups is 3. The summed E-state index contributed by atoms with van der Waals surface area (Å²) in [5.74, 6) is -0.221. The molecular formula is C23H22N2O4S. The fourth-order valence-corrected chi connectivity index (χ4v) is 3.60. The van der Waals surface area contributed by atoms with Gasteiger partial charge in [0.2, 0.25) is 5.91 Å². The SMILES string of the molecule is C=CCOc1ccc(C=C2SC(=O)N(CC(=O)Nc3ccc(C)c(C)c3)C2=O)cc1. The van der Waals surface area contributed by atoms with Crippen LogP contribution in [-0.4, -0.2) is 35.1 Å². The van der Waals surface area contributed by atoms with Gasteiger partial charge >= 0.3 is 0 Å². The number of anilines is 1. The second kappa shape index (κ2) is 9.45. The van der Waals surface area contributed by atoms with Crippen molar-refractivity contribution < 1.29 is 19.1 Å². The van der Waals surface area contributed by atoms with Gasteiger partial charge in [0.15, 0.2) is 0 Å². The van der Waals surface area contributed by atoms with Crippen LogP contribution in [-0.2, 0) is 9.59 Å². The normalized spacial score (nSPS) is 14.9. The number of amides is 3. The molecule has 0 saturated carbocycles. The lowest BCUT2D eigenvalue weighted by Crippen LogP contribution is -2.36. The minimum absolute atomic E-state index is 0.277. The molecule has 30 heavy (non-hydrogen) atoms. The maximum Gasteiger partial charge on any atom is 0.294 e. The molecule has 3 amide bonds. The summed E-state index contributed by atoms with van der Waals surface area (Å²) in [5, 5.41) is 2.27. The van der Waals surface area contributed by atoms with Crippen molar-refractivity contribution >= 4 is 40.6 Å². The Kier molecular flexibility index (Phi) is 6.74. The molecule has 0 spiro atoms. The number of ether oxygens (including phenoxy) is 1. The van der Waals surface area contributed by atoms with E-state index in [0.29, 0.717) is 18.0 Å². The van der Waals surface area contributed by atoms with E-state index in [1.807, 2.05) is 26.0 Å². The van der Waals surface area contributed by atoms with E-state index in [1.165, 1.54) is 0 Å². The molecule has 7 heteroatoms. The van der Waals surface area contributed by atoms with Gasteiger partial charge in [-0.25, -0.2) is 0 Å². The van der Waals surface area contributed by atoms with Gasteiger partial charge in [0.05, 0.1) is 4.91 Å². The maximum absolute atomic E-state index is 12.6. The van der Waals surface area contributed by atoms with Crippen molar-refractivity contribution in [2.75, 3.05) is 18.5 Å². The highest BCUT2D eigenvalue weighted by molar-refractivity contribution is 8.18. The third-order valence-electron chi connectivity index (χ3n) is 4.51. The second-order valence-corrected chi connectivity index (χ2v) is 7.78. The van der Waals surface area contributed by atoms with E-state index in [2.05, 4.69) is 11.9 Å². The molecule has 3 rings (SSSR count). The van der Waals surface area contributed by atoms with E-state index in [-0.39, 0.29) is 11.4 Å². The molecule has 1 saturated heterocycles. The maximum atomic E-state index is 12.6. The Hall–Kier alpha value is -3.32. The Labute approximate surface area is 179 Å². The number of nitrogens with one attached hydrogen (secondary N) is 1. The second-order valence-electron chi connectivity index (χ2n) is 6.78. The highest BCUT2D eigenvalue weighted by Crippen LogP contribution is 2.32. The largest absolute Gasteiger partial charge is 0.490 e. The number of nitrogens with zero attached hydrogens (tertiary/aromatic N) is 1. The lowest BCUT2D eigenvalue weighted by atomic mass is 10.1. The summed E-state index contributed by atoms with van der Waals surface area (Å²) in [6, 6.07) is 12.7. The van der Waals surface area contributed by atoms with E-state index in [0.717, 1.165) is 33.4 Å². The van der Waals surface area contributed by atoms with Crippen molar-refractivity contribution in [3.63, 3.8) is 0 Å². The molecule has 0 unspecified atom stereocenters. The number of benzene rings is 2. The molecule has 2 aromatic rings. The molecule has 1 aliphatic rings. The van der Waals surface area contributed by atoms with Crippen LogP contribution in [0.2, 0.25) is 0 Å². The number of hydrogen-bond donors (Lipinski definition) is 1. The number of thioether (sulfide) groups is 1. The smallest absolute Gasteiger partial charge is 0.294 e. The Bertz CT molecular complexity index is 1030. The Balaban J connectivity index is 1.65. The average Bonchev–Trinajstić information content (AvgIpc) is 2.97. The van der Waals surface area contributed by atoms with E-state index < -0.39 is 17.1 Å². The minimum Gasteiger partial charge on any atom is -0.490 e. The monoisotopic (exact) mass is 422 g/mol.